The van der Waals surface area contributed by atoms with Gasteiger partial charge in [-0.2, -0.15) is 17.5 Å². The lowest BCUT2D eigenvalue weighted by molar-refractivity contribution is -0.139. The quantitative estimate of drug-likeness (QED) is 0.860. The number of hydrogen-bond donors (Lipinski definition) is 1. The molecule has 0 aromatic heterocycles. The Kier molecular flexibility index (Phi) is 6.14. The number of rotatable bonds is 2. The largest absolute Gasteiger partial charge is 0.417 e. The first-order valence-corrected chi connectivity index (χ1v) is 8.06. The number of benzene rings is 1. The molecule has 1 aliphatic heterocycles. The molecule has 1 fully saturated rings. The molecule has 10 heteroatoms. The zero-order valence-corrected chi connectivity index (χ0v) is 13.9. The van der Waals surface area contributed by atoms with Crippen LogP contribution < -0.4 is 5.32 Å². The summed E-state index contributed by atoms with van der Waals surface area (Å²) in [7, 11) is -4.31. The number of nitrogens with one attached hydrogen (secondary N) is 1. The van der Waals surface area contributed by atoms with Crippen LogP contribution in [0.1, 0.15) is 12.5 Å². The van der Waals surface area contributed by atoms with Gasteiger partial charge in [-0.3, -0.25) is 0 Å². The molecule has 126 valence electrons. The molecule has 0 spiro atoms. The first-order chi connectivity index (χ1) is 9.65. The lowest BCUT2D eigenvalue weighted by atomic mass is 10.2. The van der Waals surface area contributed by atoms with Crippen LogP contribution in [0.3, 0.4) is 0 Å². The van der Waals surface area contributed by atoms with Crippen LogP contribution in [-0.2, 0) is 16.2 Å². The van der Waals surface area contributed by atoms with Crippen LogP contribution in [0.2, 0.25) is 5.02 Å². The van der Waals surface area contributed by atoms with E-state index in [1.807, 2.05) is 0 Å². The Morgan fingerprint density at radius 1 is 1.36 bits per heavy atom. The highest BCUT2D eigenvalue weighted by atomic mass is 35.5. The fraction of sp³-hybridized carbons (Fsp3) is 0.500. The zero-order valence-electron chi connectivity index (χ0n) is 11.5. The summed E-state index contributed by atoms with van der Waals surface area (Å²) < 4.78 is 65.5. The summed E-state index contributed by atoms with van der Waals surface area (Å²) in [5, 5.41) is 2.57. The summed E-state index contributed by atoms with van der Waals surface area (Å²) in [6, 6.07) is 2.52. The third-order valence-electron chi connectivity index (χ3n) is 3.28. The van der Waals surface area contributed by atoms with E-state index < -0.39 is 37.7 Å². The minimum atomic E-state index is -4.79. The van der Waals surface area contributed by atoms with Gasteiger partial charge in [0.15, 0.2) is 0 Å². The van der Waals surface area contributed by atoms with Crippen LogP contribution in [0, 0.1) is 0 Å². The second-order valence-corrected chi connectivity index (χ2v) is 7.02. The predicted octanol–water partition coefficient (Wildman–Crippen LogP) is 2.76. The Morgan fingerprint density at radius 2 is 2.00 bits per heavy atom. The Labute approximate surface area is 138 Å². The predicted molar refractivity (Wildman–Crippen MR) is 79.9 cm³/mol. The van der Waals surface area contributed by atoms with Gasteiger partial charge in [-0.25, -0.2) is 8.42 Å². The molecule has 1 aromatic carbocycles. The van der Waals surface area contributed by atoms with Crippen LogP contribution in [0.15, 0.2) is 23.1 Å². The molecule has 0 amide bonds. The fourth-order valence-electron chi connectivity index (χ4n) is 2.29. The van der Waals surface area contributed by atoms with Crippen molar-refractivity contribution >= 4 is 34.0 Å². The zero-order chi connectivity index (χ0) is 15.8. The monoisotopic (exact) mass is 378 g/mol. The molecule has 1 N–H and O–H groups in total. The van der Waals surface area contributed by atoms with Gasteiger partial charge >= 0.3 is 6.18 Å². The molecular formula is C12H15Cl2F3N2O2S. The third-order valence-corrected chi connectivity index (χ3v) is 5.82. The summed E-state index contributed by atoms with van der Waals surface area (Å²) in [5.74, 6) is 0. The molecule has 1 heterocycles. The Bertz CT molecular complexity index is 638. The van der Waals surface area contributed by atoms with Gasteiger partial charge in [0, 0.05) is 25.7 Å². The highest BCUT2D eigenvalue weighted by molar-refractivity contribution is 7.89. The molecule has 2 rings (SSSR count). The van der Waals surface area contributed by atoms with E-state index in [1.165, 1.54) is 0 Å². The number of piperazine rings is 1. The van der Waals surface area contributed by atoms with Crippen LogP contribution in [-0.4, -0.2) is 38.4 Å². The van der Waals surface area contributed by atoms with E-state index in [2.05, 4.69) is 5.32 Å². The van der Waals surface area contributed by atoms with Gasteiger partial charge in [-0.05, 0) is 19.1 Å². The minimum Gasteiger partial charge on any atom is -0.314 e. The molecule has 4 nitrogen and oxygen atoms in total. The maximum atomic E-state index is 13.1. The van der Waals surface area contributed by atoms with E-state index in [0.29, 0.717) is 13.1 Å². The van der Waals surface area contributed by atoms with Gasteiger partial charge < -0.3 is 5.32 Å². The SMILES string of the molecule is CC1CNCCN1S(=O)(=O)c1c(Cl)cccc1C(F)(F)F.Cl. The van der Waals surface area contributed by atoms with Crippen molar-refractivity contribution < 1.29 is 21.6 Å². The van der Waals surface area contributed by atoms with E-state index in [9.17, 15) is 21.6 Å². The van der Waals surface area contributed by atoms with Crippen molar-refractivity contribution in [3.8, 4) is 0 Å². The molecule has 1 aromatic rings. The lowest BCUT2D eigenvalue weighted by Gasteiger charge is -2.33. The van der Waals surface area contributed by atoms with Crippen molar-refractivity contribution in [2.75, 3.05) is 19.6 Å². The lowest BCUT2D eigenvalue weighted by Crippen LogP contribution is -2.52. The second-order valence-electron chi connectivity index (χ2n) is 4.78. The normalized spacial score (nSPS) is 20.5. The number of nitrogens with zero attached hydrogens (tertiary/aromatic N) is 1. The molecule has 0 radical (unpaired) electrons. The fourth-order valence-corrected chi connectivity index (χ4v) is 4.65. The molecule has 0 bridgehead atoms. The van der Waals surface area contributed by atoms with E-state index in [0.717, 1.165) is 22.5 Å². The Balaban J connectivity index is 0.00000242. The summed E-state index contributed by atoms with van der Waals surface area (Å²) in [6.07, 6.45) is -4.79. The second kappa shape index (κ2) is 6.92. The number of halogens is 5. The van der Waals surface area contributed by atoms with Crippen molar-refractivity contribution in [1.29, 1.82) is 0 Å². The standard InChI is InChI=1S/C12H14ClF3N2O2S.ClH/c1-8-7-17-5-6-18(8)21(19,20)11-9(12(14,15)16)3-2-4-10(11)13;/h2-4,8,17H,5-7H2,1H3;1H. The van der Waals surface area contributed by atoms with E-state index in [4.69, 9.17) is 11.6 Å². The number of sulfonamides is 1. The Hall–Kier alpha value is -0.540. The maximum absolute atomic E-state index is 13.1. The molecule has 0 saturated carbocycles. The van der Waals surface area contributed by atoms with Crippen molar-refractivity contribution in [1.82, 2.24) is 9.62 Å². The van der Waals surface area contributed by atoms with Gasteiger partial charge in [-0.1, -0.05) is 17.7 Å². The maximum Gasteiger partial charge on any atom is 0.417 e. The van der Waals surface area contributed by atoms with Crippen LogP contribution in [0.5, 0.6) is 0 Å². The molecule has 1 atom stereocenters. The average molecular weight is 379 g/mol. The highest BCUT2D eigenvalue weighted by Crippen LogP contribution is 2.39. The van der Waals surface area contributed by atoms with Gasteiger partial charge in [0.2, 0.25) is 10.0 Å². The van der Waals surface area contributed by atoms with Crippen LogP contribution in [0.4, 0.5) is 13.2 Å². The average Bonchev–Trinajstić information content (AvgIpc) is 2.37. The van der Waals surface area contributed by atoms with Crippen LogP contribution in [0.25, 0.3) is 0 Å². The van der Waals surface area contributed by atoms with Gasteiger partial charge in [0.1, 0.15) is 4.90 Å². The van der Waals surface area contributed by atoms with Crippen molar-refractivity contribution in [2.45, 2.75) is 24.0 Å². The van der Waals surface area contributed by atoms with E-state index in [-0.39, 0.29) is 19.0 Å². The van der Waals surface area contributed by atoms with Gasteiger partial charge in [-0.15, -0.1) is 12.4 Å². The van der Waals surface area contributed by atoms with Gasteiger partial charge in [0.25, 0.3) is 0 Å². The van der Waals surface area contributed by atoms with Crippen molar-refractivity contribution in [3.05, 3.63) is 28.8 Å². The number of alkyl halides is 3. The van der Waals surface area contributed by atoms with Crippen molar-refractivity contribution in [3.63, 3.8) is 0 Å². The highest BCUT2D eigenvalue weighted by Gasteiger charge is 2.41. The molecule has 0 aliphatic carbocycles. The van der Waals surface area contributed by atoms with Crippen LogP contribution >= 0.6 is 24.0 Å². The first kappa shape index (κ1) is 19.5. The number of hydrogen-bond acceptors (Lipinski definition) is 3. The third kappa shape index (κ3) is 3.68. The first-order valence-electron chi connectivity index (χ1n) is 6.24. The summed E-state index contributed by atoms with van der Waals surface area (Å²) in [6.45, 7) is 2.50. The molecule has 1 aliphatic rings. The van der Waals surface area contributed by atoms with E-state index in [1.54, 1.807) is 6.92 Å². The summed E-state index contributed by atoms with van der Waals surface area (Å²) >= 11 is 5.77. The minimum absolute atomic E-state index is 0. The van der Waals surface area contributed by atoms with Gasteiger partial charge in [0.05, 0.1) is 10.6 Å². The Morgan fingerprint density at radius 3 is 2.55 bits per heavy atom. The molecule has 1 unspecified atom stereocenters. The summed E-state index contributed by atoms with van der Waals surface area (Å²) in [4.78, 5) is -0.868. The molecular weight excluding hydrogens is 364 g/mol. The van der Waals surface area contributed by atoms with E-state index >= 15 is 0 Å². The smallest absolute Gasteiger partial charge is 0.314 e. The van der Waals surface area contributed by atoms with Crippen molar-refractivity contribution in [2.24, 2.45) is 0 Å². The molecule has 1 saturated heterocycles. The molecule has 22 heavy (non-hydrogen) atoms. The topological polar surface area (TPSA) is 49.4 Å². The summed E-state index contributed by atoms with van der Waals surface area (Å²) in [5.41, 5.74) is -1.24.